The molecule has 1 aromatic rings. The SMILES string of the molecule is Cc1noc(CCNC2CCOCC2)n1. The van der Waals surface area contributed by atoms with Crippen LogP contribution in [0.15, 0.2) is 4.52 Å². The van der Waals surface area contributed by atoms with Gasteiger partial charge in [0, 0.05) is 32.2 Å². The van der Waals surface area contributed by atoms with Crippen LogP contribution in [0.3, 0.4) is 0 Å². The predicted octanol–water partition coefficient (Wildman–Crippen LogP) is 0.689. The van der Waals surface area contributed by atoms with Crippen molar-refractivity contribution in [1.29, 1.82) is 0 Å². The average Bonchev–Trinajstić information content (AvgIpc) is 2.66. The predicted molar refractivity (Wildman–Crippen MR) is 54.6 cm³/mol. The van der Waals surface area contributed by atoms with E-state index in [4.69, 9.17) is 9.26 Å². The topological polar surface area (TPSA) is 60.2 Å². The molecule has 1 aliphatic rings. The highest BCUT2D eigenvalue weighted by atomic mass is 16.5. The molecule has 0 unspecified atom stereocenters. The van der Waals surface area contributed by atoms with Gasteiger partial charge >= 0.3 is 0 Å². The Morgan fingerprint density at radius 2 is 2.20 bits per heavy atom. The summed E-state index contributed by atoms with van der Waals surface area (Å²) in [4.78, 5) is 4.15. The smallest absolute Gasteiger partial charge is 0.227 e. The molecule has 2 heterocycles. The Kier molecular flexibility index (Phi) is 3.69. The largest absolute Gasteiger partial charge is 0.381 e. The zero-order valence-electron chi connectivity index (χ0n) is 9.03. The van der Waals surface area contributed by atoms with Gasteiger partial charge in [-0.25, -0.2) is 0 Å². The zero-order valence-corrected chi connectivity index (χ0v) is 9.03. The first-order valence-electron chi connectivity index (χ1n) is 5.45. The molecule has 0 amide bonds. The molecule has 1 N–H and O–H groups in total. The van der Waals surface area contributed by atoms with Crippen LogP contribution >= 0.6 is 0 Å². The molecule has 0 saturated carbocycles. The third-order valence-electron chi connectivity index (χ3n) is 2.56. The summed E-state index contributed by atoms with van der Waals surface area (Å²) in [5.41, 5.74) is 0. The van der Waals surface area contributed by atoms with Crippen molar-refractivity contribution in [2.24, 2.45) is 0 Å². The van der Waals surface area contributed by atoms with Crippen molar-refractivity contribution in [1.82, 2.24) is 15.5 Å². The van der Waals surface area contributed by atoms with Crippen LogP contribution in [-0.2, 0) is 11.2 Å². The highest BCUT2D eigenvalue weighted by Gasteiger charge is 2.12. The Morgan fingerprint density at radius 3 is 2.87 bits per heavy atom. The highest BCUT2D eigenvalue weighted by molar-refractivity contribution is 4.84. The number of aromatic nitrogens is 2. The summed E-state index contributed by atoms with van der Waals surface area (Å²) in [6.45, 7) is 4.47. The van der Waals surface area contributed by atoms with Crippen molar-refractivity contribution >= 4 is 0 Å². The molecule has 1 saturated heterocycles. The minimum atomic E-state index is 0.586. The van der Waals surface area contributed by atoms with Crippen LogP contribution in [0.5, 0.6) is 0 Å². The van der Waals surface area contributed by atoms with Crippen LogP contribution in [0.4, 0.5) is 0 Å². The second kappa shape index (κ2) is 5.23. The van der Waals surface area contributed by atoms with Gasteiger partial charge in [0.2, 0.25) is 5.89 Å². The lowest BCUT2D eigenvalue weighted by molar-refractivity contribution is 0.0780. The van der Waals surface area contributed by atoms with Gasteiger partial charge in [0.15, 0.2) is 5.82 Å². The van der Waals surface area contributed by atoms with Crippen molar-refractivity contribution < 1.29 is 9.26 Å². The van der Waals surface area contributed by atoms with Gasteiger partial charge in [-0.2, -0.15) is 4.98 Å². The van der Waals surface area contributed by atoms with Gasteiger partial charge in [-0.05, 0) is 19.8 Å². The van der Waals surface area contributed by atoms with E-state index in [-0.39, 0.29) is 0 Å². The number of ether oxygens (including phenoxy) is 1. The first-order valence-corrected chi connectivity index (χ1v) is 5.45. The summed E-state index contributed by atoms with van der Waals surface area (Å²) in [7, 11) is 0. The lowest BCUT2D eigenvalue weighted by atomic mass is 10.1. The van der Waals surface area contributed by atoms with E-state index in [0.717, 1.165) is 39.0 Å². The van der Waals surface area contributed by atoms with Gasteiger partial charge in [-0.1, -0.05) is 5.16 Å². The fourth-order valence-electron chi connectivity index (χ4n) is 1.73. The van der Waals surface area contributed by atoms with Crippen molar-refractivity contribution in [2.45, 2.75) is 32.2 Å². The maximum atomic E-state index is 5.29. The third-order valence-corrected chi connectivity index (χ3v) is 2.56. The van der Waals surface area contributed by atoms with Gasteiger partial charge < -0.3 is 14.6 Å². The fourth-order valence-corrected chi connectivity index (χ4v) is 1.73. The standard InChI is InChI=1S/C10H17N3O2/c1-8-12-10(15-13-8)2-5-11-9-3-6-14-7-4-9/h9,11H,2-7H2,1H3. The average molecular weight is 211 g/mol. The highest BCUT2D eigenvalue weighted by Crippen LogP contribution is 2.06. The number of rotatable bonds is 4. The summed E-state index contributed by atoms with van der Waals surface area (Å²) in [6.07, 6.45) is 3.00. The van der Waals surface area contributed by atoms with Gasteiger partial charge in [-0.15, -0.1) is 0 Å². The molecule has 1 aromatic heterocycles. The molecule has 0 bridgehead atoms. The Hall–Kier alpha value is -0.940. The summed E-state index contributed by atoms with van der Waals surface area (Å²) in [5, 5.41) is 7.22. The molecule has 15 heavy (non-hydrogen) atoms. The maximum absolute atomic E-state index is 5.29. The first kappa shape index (κ1) is 10.6. The zero-order chi connectivity index (χ0) is 10.5. The molecule has 1 aliphatic heterocycles. The Labute approximate surface area is 89.2 Å². The van der Waals surface area contributed by atoms with Crippen molar-refractivity contribution in [3.05, 3.63) is 11.7 Å². The first-order chi connectivity index (χ1) is 7.34. The van der Waals surface area contributed by atoms with Gasteiger partial charge in [-0.3, -0.25) is 0 Å². The molecular weight excluding hydrogens is 194 g/mol. The number of aryl methyl sites for hydroxylation is 1. The minimum Gasteiger partial charge on any atom is -0.381 e. The van der Waals surface area contributed by atoms with Gasteiger partial charge in [0.1, 0.15) is 0 Å². The van der Waals surface area contributed by atoms with Crippen LogP contribution in [0.2, 0.25) is 0 Å². The van der Waals surface area contributed by atoms with Crippen molar-refractivity contribution in [3.8, 4) is 0 Å². The Morgan fingerprint density at radius 1 is 1.40 bits per heavy atom. The number of hydrogen-bond acceptors (Lipinski definition) is 5. The Balaban J connectivity index is 1.65. The number of hydrogen-bond donors (Lipinski definition) is 1. The van der Waals surface area contributed by atoms with Crippen LogP contribution in [-0.4, -0.2) is 35.9 Å². The molecule has 1 fully saturated rings. The molecule has 2 rings (SSSR count). The molecule has 0 aliphatic carbocycles. The quantitative estimate of drug-likeness (QED) is 0.794. The van der Waals surface area contributed by atoms with E-state index in [0.29, 0.717) is 17.8 Å². The molecule has 0 atom stereocenters. The van der Waals surface area contributed by atoms with E-state index in [1.165, 1.54) is 0 Å². The van der Waals surface area contributed by atoms with Crippen LogP contribution in [0.25, 0.3) is 0 Å². The van der Waals surface area contributed by atoms with E-state index in [2.05, 4.69) is 15.5 Å². The Bertz CT molecular complexity index is 295. The summed E-state index contributed by atoms with van der Waals surface area (Å²) >= 11 is 0. The van der Waals surface area contributed by atoms with E-state index < -0.39 is 0 Å². The van der Waals surface area contributed by atoms with Gasteiger partial charge in [0.05, 0.1) is 0 Å². The molecule has 0 aromatic carbocycles. The van der Waals surface area contributed by atoms with Crippen LogP contribution in [0.1, 0.15) is 24.6 Å². The number of nitrogens with one attached hydrogen (secondary N) is 1. The maximum Gasteiger partial charge on any atom is 0.227 e. The van der Waals surface area contributed by atoms with E-state index >= 15 is 0 Å². The molecule has 5 nitrogen and oxygen atoms in total. The lowest BCUT2D eigenvalue weighted by Crippen LogP contribution is -2.35. The van der Waals surface area contributed by atoms with E-state index in [1.54, 1.807) is 0 Å². The van der Waals surface area contributed by atoms with E-state index in [9.17, 15) is 0 Å². The molecule has 0 radical (unpaired) electrons. The third kappa shape index (κ3) is 3.28. The second-order valence-electron chi connectivity index (χ2n) is 3.83. The second-order valence-corrected chi connectivity index (χ2v) is 3.83. The van der Waals surface area contributed by atoms with Gasteiger partial charge in [0.25, 0.3) is 0 Å². The summed E-state index contributed by atoms with van der Waals surface area (Å²) in [5.74, 6) is 1.42. The van der Waals surface area contributed by atoms with Crippen LogP contribution < -0.4 is 5.32 Å². The molecule has 0 spiro atoms. The molecule has 84 valence electrons. The fraction of sp³-hybridized carbons (Fsp3) is 0.800. The van der Waals surface area contributed by atoms with Crippen LogP contribution in [0, 0.1) is 6.92 Å². The normalized spacial score (nSPS) is 18.2. The molecular formula is C10H17N3O2. The van der Waals surface area contributed by atoms with E-state index in [1.807, 2.05) is 6.92 Å². The lowest BCUT2D eigenvalue weighted by Gasteiger charge is -2.22. The number of nitrogens with zero attached hydrogens (tertiary/aromatic N) is 2. The van der Waals surface area contributed by atoms with Crippen molar-refractivity contribution in [3.63, 3.8) is 0 Å². The summed E-state index contributed by atoms with van der Waals surface area (Å²) in [6, 6.07) is 0.586. The van der Waals surface area contributed by atoms with Crippen molar-refractivity contribution in [2.75, 3.05) is 19.8 Å². The minimum absolute atomic E-state index is 0.586. The monoisotopic (exact) mass is 211 g/mol. The molecule has 5 heteroatoms. The summed E-state index contributed by atoms with van der Waals surface area (Å²) < 4.78 is 10.3.